The quantitative estimate of drug-likeness (QED) is 0.316. The summed E-state index contributed by atoms with van der Waals surface area (Å²) in [6, 6.07) is 0. The fraction of sp³-hybridized carbons (Fsp3) is 1.00. The van der Waals surface area contributed by atoms with Gasteiger partial charge in [0.05, 0.1) is 6.54 Å². The first-order valence-corrected chi connectivity index (χ1v) is 9.53. The van der Waals surface area contributed by atoms with Gasteiger partial charge in [-0.05, 0) is 34.5 Å². The van der Waals surface area contributed by atoms with Crippen LogP contribution in [-0.2, 0) is 0 Å². The minimum Gasteiger partial charge on any atom is -0.388 e. The second-order valence-electron chi connectivity index (χ2n) is 7.44. The summed E-state index contributed by atoms with van der Waals surface area (Å²) in [5.41, 5.74) is 5.94. The van der Waals surface area contributed by atoms with Crippen molar-refractivity contribution >= 4 is 0 Å². The molecule has 6 nitrogen and oxygen atoms in total. The lowest BCUT2D eigenvalue weighted by atomic mass is 10.1. The molecule has 0 radical (unpaired) electrons. The number of nitrogens with zero attached hydrogens (tertiary/aromatic N) is 3. The van der Waals surface area contributed by atoms with E-state index in [1.165, 1.54) is 0 Å². The molecule has 0 saturated heterocycles. The molecule has 0 rings (SSSR count). The van der Waals surface area contributed by atoms with E-state index in [-0.39, 0.29) is 6.17 Å². The molecular formula is C18H43N4O2+. The summed E-state index contributed by atoms with van der Waals surface area (Å²) in [5.74, 6) is 0. The summed E-state index contributed by atoms with van der Waals surface area (Å²) in [4.78, 5) is 4.63. The highest BCUT2D eigenvalue weighted by molar-refractivity contribution is 4.68. The van der Waals surface area contributed by atoms with E-state index in [1.807, 2.05) is 13.8 Å². The first-order valence-electron chi connectivity index (χ1n) is 9.53. The topological polar surface area (TPSA) is 73.0 Å². The molecule has 0 aromatic carbocycles. The van der Waals surface area contributed by atoms with Crippen LogP contribution in [0.5, 0.6) is 0 Å². The van der Waals surface area contributed by atoms with Gasteiger partial charge in [-0.25, -0.2) is 0 Å². The molecule has 4 N–H and O–H groups in total. The Hall–Kier alpha value is -0.240. The molecule has 3 unspecified atom stereocenters. The van der Waals surface area contributed by atoms with Crippen LogP contribution in [0.15, 0.2) is 0 Å². The molecule has 0 aliphatic heterocycles. The molecule has 146 valence electrons. The van der Waals surface area contributed by atoms with Crippen molar-refractivity contribution in [3.63, 3.8) is 0 Å². The van der Waals surface area contributed by atoms with Gasteiger partial charge in [-0.15, -0.1) is 0 Å². The zero-order valence-electron chi connectivity index (χ0n) is 16.9. The highest BCUT2D eigenvalue weighted by Crippen LogP contribution is 2.23. The predicted molar refractivity (Wildman–Crippen MR) is 102 cm³/mol. The van der Waals surface area contributed by atoms with Crippen molar-refractivity contribution in [2.24, 2.45) is 5.73 Å². The van der Waals surface area contributed by atoms with E-state index >= 15 is 0 Å². The smallest absolute Gasteiger partial charge is 0.146 e. The summed E-state index contributed by atoms with van der Waals surface area (Å²) in [6.45, 7) is 13.8. The Balaban J connectivity index is 5.66. The monoisotopic (exact) mass is 347 g/mol. The van der Waals surface area contributed by atoms with Crippen molar-refractivity contribution in [3.8, 4) is 0 Å². The molecule has 0 bridgehead atoms. The second kappa shape index (κ2) is 12.2. The summed E-state index contributed by atoms with van der Waals surface area (Å²) < 4.78 is 0.710. The maximum absolute atomic E-state index is 10.2. The molecule has 0 spiro atoms. The molecule has 3 atom stereocenters. The predicted octanol–water partition coefficient (Wildman–Crippen LogP) is 0.533. The van der Waals surface area contributed by atoms with Gasteiger partial charge in [-0.2, -0.15) is 0 Å². The number of hydrogen-bond donors (Lipinski definition) is 3. The fourth-order valence-electron chi connectivity index (χ4n) is 4.00. The van der Waals surface area contributed by atoms with Crippen molar-refractivity contribution in [2.45, 2.75) is 58.9 Å². The number of nitrogens with two attached hydrogens (primary N) is 1. The summed E-state index contributed by atoms with van der Waals surface area (Å²) >= 11 is 0. The van der Waals surface area contributed by atoms with Crippen LogP contribution in [0.1, 0.15) is 40.5 Å². The van der Waals surface area contributed by atoms with Crippen molar-refractivity contribution in [1.82, 2.24) is 9.80 Å². The van der Waals surface area contributed by atoms with E-state index in [1.54, 1.807) is 0 Å². The van der Waals surface area contributed by atoms with E-state index in [2.05, 4.69) is 37.7 Å². The zero-order chi connectivity index (χ0) is 18.8. The van der Waals surface area contributed by atoms with Gasteiger partial charge in [-0.1, -0.05) is 13.8 Å². The second-order valence-corrected chi connectivity index (χ2v) is 7.44. The Bertz CT molecular complexity index is 297. The van der Waals surface area contributed by atoms with E-state index in [0.29, 0.717) is 24.1 Å². The van der Waals surface area contributed by atoms with Crippen LogP contribution in [-0.4, -0.2) is 103 Å². The summed E-state index contributed by atoms with van der Waals surface area (Å²) in [6.07, 6.45) is 1.34. The first kappa shape index (κ1) is 23.8. The van der Waals surface area contributed by atoms with E-state index < -0.39 is 12.2 Å². The van der Waals surface area contributed by atoms with Gasteiger partial charge >= 0.3 is 0 Å². The SMILES string of the molecule is CCN(CC)C(CCN)[N+](CCCN(C)C)(CC(C)O)CC(C)O. The van der Waals surface area contributed by atoms with Crippen LogP contribution >= 0.6 is 0 Å². The number of rotatable bonds is 14. The van der Waals surface area contributed by atoms with Crippen molar-refractivity contribution in [2.75, 3.05) is 59.9 Å². The minimum absolute atomic E-state index is 0.233. The van der Waals surface area contributed by atoms with Gasteiger partial charge in [0.1, 0.15) is 31.5 Å². The lowest BCUT2D eigenvalue weighted by molar-refractivity contribution is -0.967. The van der Waals surface area contributed by atoms with Gasteiger partial charge in [0, 0.05) is 32.5 Å². The van der Waals surface area contributed by atoms with Crippen molar-refractivity contribution < 1.29 is 14.7 Å². The average molecular weight is 348 g/mol. The van der Waals surface area contributed by atoms with Crippen LogP contribution in [0.2, 0.25) is 0 Å². The molecule has 0 aliphatic carbocycles. The molecule has 0 aromatic heterocycles. The van der Waals surface area contributed by atoms with Gasteiger partial charge in [0.2, 0.25) is 0 Å². The highest BCUT2D eigenvalue weighted by atomic mass is 16.3. The van der Waals surface area contributed by atoms with E-state index in [4.69, 9.17) is 5.73 Å². The number of aliphatic hydroxyl groups is 2. The Kier molecular flexibility index (Phi) is 12.0. The van der Waals surface area contributed by atoms with Crippen LogP contribution in [0.25, 0.3) is 0 Å². The van der Waals surface area contributed by atoms with Gasteiger partial charge in [0.15, 0.2) is 0 Å². The molecule has 0 amide bonds. The Morgan fingerprint density at radius 1 is 1.00 bits per heavy atom. The molecule has 24 heavy (non-hydrogen) atoms. The Morgan fingerprint density at radius 3 is 1.83 bits per heavy atom. The summed E-state index contributed by atoms with van der Waals surface area (Å²) in [7, 11) is 4.17. The van der Waals surface area contributed by atoms with Gasteiger partial charge in [0.25, 0.3) is 0 Å². The van der Waals surface area contributed by atoms with Crippen molar-refractivity contribution in [1.29, 1.82) is 0 Å². The third-order valence-corrected chi connectivity index (χ3v) is 4.76. The van der Waals surface area contributed by atoms with Crippen molar-refractivity contribution in [3.05, 3.63) is 0 Å². The minimum atomic E-state index is -0.404. The van der Waals surface area contributed by atoms with Crippen LogP contribution in [0.3, 0.4) is 0 Å². The van der Waals surface area contributed by atoms with E-state index in [0.717, 1.165) is 39.0 Å². The van der Waals surface area contributed by atoms with Gasteiger partial charge in [-0.3, -0.25) is 4.90 Å². The third kappa shape index (κ3) is 8.23. The van der Waals surface area contributed by atoms with Crippen LogP contribution in [0.4, 0.5) is 0 Å². The fourth-order valence-corrected chi connectivity index (χ4v) is 4.00. The Morgan fingerprint density at radius 2 is 1.50 bits per heavy atom. The lowest BCUT2D eigenvalue weighted by Gasteiger charge is -2.50. The standard InChI is InChI=1S/C18H43N4O2/c1-7-21(8-2)18(10-11-19)22(14-16(3)23,15-17(4)24)13-9-12-20(5)6/h16-18,23-24H,7-15,19H2,1-6H3/q+1. The van der Waals surface area contributed by atoms with Crippen LogP contribution < -0.4 is 5.73 Å². The summed E-state index contributed by atoms with van der Waals surface area (Å²) in [5, 5.41) is 20.4. The van der Waals surface area contributed by atoms with E-state index in [9.17, 15) is 10.2 Å². The average Bonchev–Trinajstić information content (AvgIpc) is 2.45. The van der Waals surface area contributed by atoms with Crippen LogP contribution in [0, 0.1) is 0 Å². The highest BCUT2D eigenvalue weighted by Gasteiger charge is 2.40. The number of hydrogen-bond acceptors (Lipinski definition) is 5. The molecule has 0 aromatic rings. The van der Waals surface area contributed by atoms with Gasteiger partial charge < -0.3 is 25.3 Å². The Labute approximate surface area is 149 Å². The molecule has 0 fully saturated rings. The molecular weight excluding hydrogens is 304 g/mol. The normalized spacial score (nSPS) is 18.6. The third-order valence-electron chi connectivity index (χ3n) is 4.76. The zero-order valence-corrected chi connectivity index (χ0v) is 16.9. The molecule has 0 aliphatic rings. The maximum Gasteiger partial charge on any atom is 0.146 e. The number of aliphatic hydroxyl groups excluding tert-OH is 2. The molecule has 0 heterocycles. The lowest BCUT2D eigenvalue weighted by Crippen LogP contribution is -2.67. The maximum atomic E-state index is 10.2. The largest absolute Gasteiger partial charge is 0.388 e. The molecule has 0 saturated carbocycles. The molecule has 6 heteroatoms. The first-order chi connectivity index (χ1) is 11.2. The number of quaternary nitrogens is 1.